The minimum atomic E-state index is -1.93. The van der Waals surface area contributed by atoms with Crippen LogP contribution in [-0.4, -0.2) is 21.8 Å². The van der Waals surface area contributed by atoms with Crippen molar-refractivity contribution in [3.8, 4) is 0 Å². The predicted molar refractivity (Wildman–Crippen MR) is 73.4 cm³/mol. The van der Waals surface area contributed by atoms with Gasteiger partial charge in [-0.3, -0.25) is 0 Å². The van der Waals surface area contributed by atoms with Crippen molar-refractivity contribution in [3.05, 3.63) is 0 Å². The first-order valence-corrected chi connectivity index (χ1v) is 9.78. The highest BCUT2D eigenvalue weighted by atomic mass is 28.4. The van der Waals surface area contributed by atoms with Gasteiger partial charge in [0.2, 0.25) is 0 Å². The molecule has 0 aromatic rings. The summed E-state index contributed by atoms with van der Waals surface area (Å²) >= 11 is 0. The maximum absolute atomic E-state index is 6.45. The first kappa shape index (κ1) is 13.6. The molecule has 0 bridgehead atoms. The summed E-state index contributed by atoms with van der Waals surface area (Å²) in [6, 6.07) is 0. The zero-order valence-electron chi connectivity index (χ0n) is 11.7. The van der Waals surface area contributed by atoms with E-state index in [1.165, 1.54) is 51.4 Å². The first-order chi connectivity index (χ1) is 8.15. The predicted octanol–water partition coefficient (Wildman–Crippen LogP) is 4.24. The second kappa shape index (κ2) is 5.85. The molecule has 0 N–H and O–H groups in total. The van der Waals surface area contributed by atoms with Gasteiger partial charge in [-0.1, -0.05) is 25.7 Å². The second-order valence-corrected chi connectivity index (χ2v) is 9.56. The van der Waals surface area contributed by atoms with E-state index in [0.29, 0.717) is 6.10 Å². The molecule has 0 heterocycles. The SMILES string of the molecule is CO[Si](C)(OC(C)C1CCC1)C1CCCCC1. The second-order valence-electron chi connectivity index (χ2n) is 6.07. The summed E-state index contributed by atoms with van der Waals surface area (Å²) in [5, 5.41) is 0. The first-order valence-electron chi connectivity index (χ1n) is 7.38. The van der Waals surface area contributed by atoms with Crippen LogP contribution in [0.1, 0.15) is 58.3 Å². The standard InChI is InChI=1S/C14H28O2Si/c1-12(13-8-7-9-13)16-17(3,15-2)14-10-5-4-6-11-14/h12-14H,4-11H2,1-3H3. The Labute approximate surface area is 107 Å². The fraction of sp³-hybridized carbons (Fsp3) is 1.00. The highest BCUT2D eigenvalue weighted by Gasteiger charge is 2.43. The van der Waals surface area contributed by atoms with E-state index in [2.05, 4.69) is 13.5 Å². The molecule has 0 aromatic heterocycles. The van der Waals surface area contributed by atoms with Gasteiger partial charge in [-0.05, 0) is 45.1 Å². The fourth-order valence-corrected chi connectivity index (χ4v) is 6.32. The van der Waals surface area contributed by atoms with Crippen LogP contribution >= 0.6 is 0 Å². The third kappa shape index (κ3) is 3.12. The molecule has 100 valence electrons. The van der Waals surface area contributed by atoms with Crippen LogP contribution in [0.2, 0.25) is 12.1 Å². The number of hydrogen-bond donors (Lipinski definition) is 0. The smallest absolute Gasteiger partial charge is 0.338 e. The Morgan fingerprint density at radius 1 is 1.00 bits per heavy atom. The Kier molecular flexibility index (Phi) is 4.67. The van der Waals surface area contributed by atoms with Crippen LogP contribution in [0, 0.1) is 5.92 Å². The van der Waals surface area contributed by atoms with Gasteiger partial charge in [0, 0.05) is 18.8 Å². The summed E-state index contributed by atoms with van der Waals surface area (Å²) in [6.07, 6.45) is 11.3. The zero-order chi connectivity index (χ0) is 12.3. The maximum atomic E-state index is 6.45. The summed E-state index contributed by atoms with van der Waals surface area (Å²) in [6.45, 7) is 4.55. The molecule has 0 spiro atoms. The molecule has 0 aliphatic heterocycles. The van der Waals surface area contributed by atoms with E-state index in [-0.39, 0.29) is 0 Å². The lowest BCUT2D eigenvalue weighted by Crippen LogP contribution is -2.48. The minimum absolute atomic E-state index is 0.419. The van der Waals surface area contributed by atoms with Gasteiger partial charge < -0.3 is 8.85 Å². The Morgan fingerprint density at radius 2 is 1.65 bits per heavy atom. The van der Waals surface area contributed by atoms with Gasteiger partial charge in [-0.2, -0.15) is 0 Å². The van der Waals surface area contributed by atoms with Gasteiger partial charge in [-0.15, -0.1) is 0 Å². The van der Waals surface area contributed by atoms with Crippen molar-refractivity contribution in [1.29, 1.82) is 0 Å². The van der Waals surface area contributed by atoms with Crippen LogP contribution < -0.4 is 0 Å². The van der Waals surface area contributed by atoms with Gasteiger partial charge in [0.05, 0.1) is 0 Å². The molecule has 2 atom stereocenters. The average molecular weight is 256 g/mol. The van der Waals surface area contributed by atoms with Crippen molar-refractivity contribution in [1.82, 2.24) is 0 Å². The van der Waals surface area contributed by atoms with E-state index in [1.54, 1.807) is 0 Å². The number of rotatable bonds is 5. The molecule has 0 aromatic carbocycles. The van der Waals surface area contributed by atoms with E-state index in [9.17, 15) is 0 Å². The highest BCUT2D eigenvalue weighted by molar-refractivity contribution is 6.67. The normalized spacial score (nSPS) is 28.4. The Hall–Kier alpha value is 0.137. The Bertz CT molecular complexity index is 236. The average Bonchev–Trinajstić information content (AvgIpc) is 2.27. The summed E-state index contributed by atoms with van der Waals surface area (Å²) in [4.78, 5) is 0. The molecule has 2 unspecified atom stereocenters. The van der Waals surface area contributed by atoms with Gasteiger partial charge in [0.1, 0.15) is 0 Å². The highest BCUT2D eigenvalue weighted by Crippen LogP contribution is 2.40. The van der Waals surface area contributed by atoms with E-state index < -0.39 is 8.56 Å². The summed E-state index contributed by atoms with van der Waals surface area (Å²) in [7, 11) is -0.0614. The van der Waals surface area contributed by atoms with Crippen molar-refractivity contribution in [3.63, 3.8) is 0 Å². The van der Waals surface area contributed by atoms with E-state index in [4.69, 9.17) is 8.85 Å². The molecule has 2 fully saturated rings. The van der Waals surface area contributed by atoms with Crippen molar-refractivity contribution in [2.75, 3.05) is 7.11 Å². The minimum Gasteiger partial charge on any atom is -0.398 e. The van der Waals surface area contributed by atoms with Crippen molar-refractivity contribution in [2.24, 2.45) is 5.92 Å². The van der Waals surface area contributed by atoms with Crippen LogP contribution in [0.4, 0.5) is 0 Å². The molecule has 2 aliphatic carbocycles. The van der Waals surface area contributed by atoms with Crippen LogP contribution in [0.15, 0.2) is 0 Å². The molecule has 2 rings (SSSR count). The van der Waals surface area contributed by atoms with Crippen LogP contribution in [0.25, 0.3) is 0 Å². The molecule has 0 amide bonds. The molecular formula is C14H28O2Si. The lowest BCUT2D eigenvalue weighted by molar-refractivity contribution is 0.0558. The van der Waals surface area contributed by atoms with Crippen molar-refractivity contribution < 1.29 is 8.85 Å². The van der Waals surface area contributed by atoms with E-state index >= 15 is 0 Å². The van der Waals surface area contributed by atoms with Crippen LogP contribution in [0.3, 0.4) is 0 Å². The number of hydrogen-bond acceptors (Lipinski definition) is 2. The Morgan fingerprint density at radius 3 is 2.12 bits per heavy atom. The van der Waals surface area contributed by atoms with Gasteiger partial charge in [-0.25, -0.2) is 0 Å². The molecule has 2 saturated carbocycles. The van der Waals surface area contributed by atoms with Crippen LogP contribution in [-0.2, 0) is 8.85 Å². The van der Waals surface area contributed by atoms with Gasteiger partial charge in [0.15, 0.2) is 0 Å². The maximum Gasteiger partial charge on any atom is 0.338 e. The summed E-state index contributed by atoms with van der Waals surface area (Å²) < 4.78 is 12.3. The third-order valence-corrected chi connectivity index (χ3v) is 8.70. The molecule has 17 heavy (non-hydrogen) atoms. The van der Waals surface area contributed by atoms with Crippen LogP contribution in [0.5, 0.6) is 0 Å². The lowest BCUT2D eigenvalue weighted by Gasteiger charge is -2.41. The van der Waals surface area contributed by atoms with Gasteiger partial charge in [0.25, 0.3) is 0 Å². The third-order valence-electron chi connectivity index (χ3n) is 4.99. The zero-order valence-corrected chi connectivity index (χ0v) is 12.7. The van der Waals surface area contributed by atoms with Crippen molar-refractivity contribution >= 4 is 8.56 Å². The summed E-state index contributed by atoms with van der Waals surface area (Å²) in [5.74, 6) is 0.806. The molecule has 0 radical (unpaired) electrons. The topological polar surface area (TPSA) is 18.5 Å². The van der Waals surface area contributed by atoms with E-state index in [0.717, 1.165) is 11.5 Å². The van der Waals surface area contributed by atoms with Gasteiger partial charge >= 0.3 is 8.56 Å². The molecular weight excluding hydrogens is 228 g/mol. The lowest BCUT2D eigenvalue weighted by atomic mass is 9.82. The monoisotopic (exact) mass is 256 g/mol. The largest absolute Gasteiger partial charge is 0.398 e. The molecule has 2 nitrogen and oxygen atoms in total. The quantitative estimate of drug-likeness (QED) is 0.685. The summed E-state index contributed by atoms with van der Waals surface area (Å²) in [5.41, 5.74) is 0.726. The van der Waals surface area contributed by atoms with E-state index in [1.807, 2.05) is 7.11 Å². The molecule has 3 heteroatoms. The fourth-order valence-electron chi connectivity index (χ4n) is 3.31. The molecule has 2 aliphatic rings. The Balaban J connectivity index is 1.91. The molecule has 0 saturated heterocycles. The van der Waals surface area contributed by atoms with Crippen molar-refractivity contribution in [2.45, 2.75) is 76.5 Å².